The van der Waals surface area contributed by atoms with E-state index in [1.807, 2.05) is 48.5 Å². The van der Waals surface area contributed by atoms with Crippen LogP contribution in [-0.2, 0) is 4.79 Å². The molecule has 1 amide bonds. The Balaban J connectivity index is 1.93. The number of nitrogens with zero attached hydrogens (tertiary/aromatic N) is 1. The van der Waals surface area contributed by atoms with Crippen LogP contribution in [0.4, 0.5) is 5.69 Å². The van der Waals surface area contributed by atoms with Gasteiger partial charge in [0.05, 0.1) is 0 Å². The number of anilines is 1. The van der Waals surface area contributed by atoms with Gasteiger partial charge < -0.3 is 5.32 Å². The minimum Gasteiger partial charge on any atom is -0.321 e. The molecule has 0 aliphatic rings. The first-order chi connectivity index (χ1) is 11.7. The van der Waals surface area contributed by atoms with Crippen LogP contribution in [0.15, 0.2) is 72.3 Å². The number of carbonyl (C=O) groups excluding carboxylic acids is 1. The topological polar surface area (TPSA) is 52.9 Å². The highest BCUT2D eigenvalue weighted by atomic mass is 35.5. The summed E-state index contributed by atoms with van der Waals surface area (Å²) in [5.41, 5.74) is 1.29. The highest BCUT2D eigenvalue weighted by Crippen LogP contribution is 2.24. The minimum atomic E-state index is -0.464. The number of nitriles is 1. The Kier molecular flexibility index (Phi) is 4.60. The zero-order valence-electron chi connectivity index (χ0n) is 12.7. The van der Waals surface area contributed by atoms with Gasteiger partial charge in [0.15, 0.2) is 0 Å². The molecule has 0 unspecified atom stereocenters. The summed E-state index contributed by atoms with van der Waals surface area (Å²) in [4.78, 5) is 12.5. The average Bonchev–Trinajstić information content (AvgIpc) is 2.61. The molecular weight excluding hydrogens is 320 g/mol. The normalized spacial score (nSPS) is 11.1. The second kappa shape index (κ2) is 6.99. The average molecular weight is 333 g/mol. The highest BCUT2D eigenvalue weighted by Gasteiger charge is 2.11. The van der Waals surface area contributed by atoms with Gasteiger partial charge in [-0.2, -0.15) is 5.26 Å². The van der Waals surface area contributed by atoms with E-state index in [0.717, 1.165) is 10.8 Å². The summed E-state index contributed by atoms with van der Waals surface area (Å²) in [6, 6.07) is 22.4. The fourth-order valence-corrected chi connectivity index (χ4v) is 2.61. The van der Waals surface area contributed by atoms with E-state index in [-0.39, 0.29) is 5.57 Å². The lowest BCUT2D eigenvalue weighted by Gasteiger charge is -2.08. The Labute approximate surface area is 144 Å². The zero-order chi connectivity index (χ0) is 16.9. The Bertz CT molecular complexity index is 981. The first-order valence-electron chi connectivity index (χ1n) is 7.34. The van der Waals surface area contributed by atoms with E-state index in [9.17, 15) is 10.1 Å². The number of nitrogens with one attached hydrogen (secondary N) is 1. The lowest BCUT2D eigenvalue weighted by molar-refractivity contribution is -0.112. The fraction of sp³-hybridized carbons (Fsp3) is 0. The molecule has 0 spiro atoms. The van der Waals surface area contributed by atoms with Gasteiger partial charge in [-0.1, -0.05) is 66.2 Å². The van der Waals surface area contributed by atoms with Gasteiger partial charge in [-0.05, 0) is 29.2 Å². The largest absolute Gasteiger partial charge is 0.321 e. The molecule has 0 saturated heterocycles. The van der Waals surface area contributed by atoms with Crippen molar-refractivity contribution in [1.82, 2.24) is 0 Å². The van der Waals surface area contributed by atoms with E-state index in [2.05, 4.69) is 5.32 Å². The third-order valence-corrected chi connectivity index (χ3v) is 3.95. The number of rotatable bonds is 3. The number of hydrogen-bond acceptors (Lipinski definition) is 2. The summed E-state index contributed by atoms with van der Waals surface area (Å²) < 4.78 is 0. The number of fused-ring (bicyclic) bond motifs is 1. The van der Waals surface area contributed by atoms with Gasteiger partial charge in [-0.25, -0.2) is 0 Å². The molecule has 0 aromatic heterocycles. The first kappa shape index (κ1) is 15.8. The van der Waals surface area contributed by atoms with E-state index in [1.165, 1.54) is 6.08 Å². The Morgan fingerprint density at radius 2 is 1.71 bits per heavy atom. The van der Waals surface area contributed by atoms with Crippen molar-refractivity contribution in [2.24, 2.45) is 0 Å². The summed E-state index contributed by atoms with van der Waals surface area (Å²) in [6.07, 6.45) is 1.49. The number of benzene rings is 3. The Morgan fingerprint density at radius 1 is 1.00 bits per heavy atom. The molecule has 3 rings (SSSR count). The molecule has 3 nitrogen and oxygen atoms in total. The standard InChI is InChI=1S/C20H13ClN2O/c21-18-10-4-2-7-15(18)12-16(13-22)20(24)23-19-11-5-8-14-6-1-3-9-17(14)19/h1-12H,(H,23,24)/b16-12+. The van der Waals surface area contributed by atoms with Gasteiger partial charge in [0, 0.05) is 16.1 Å². The van der Waals surface area contributed by atoms with Gasteiger partial charge in [0.1, 0.15) is 11.6 Å². The maximum atomic E-state index is 12.5. The quantitative estimate of drug-likeness (QED) is 0.539. The molecule has 0 fully saturated rings. The summed E-state index contributed by atoms with van der Waals surface area (Å²) >= 11 is 6.08. The molecule has 0 aliphatic heterocycles. The molecule has 0 aliphatic carbocycles. The molecule has 0 heterocycles. The summed E-state index contributed by atoms with van der Waals surface area (Å²) in [5.74, 6) is -0.464. The second-order valence-electron chi connectivity index (χ2n) is 5.17. The molecule has 3 aromatic rings. The van der Waals surface area contributed by atoms with Crippen LogP contribution in [0.2, 0.25) is 5.02 Å². The molecule has 0 saturated carbocycles. The van der Waals surface area contributed by atoms with Crippen molar-refractivity contribution < 1.29 is 4.79 Å². The van der Waals surface area contributed by atoms with Crippen molar-refractivity contribution in [2.45, 2.75) is 0 Å². The van der Waals surface area contributed by atoms with Crippen molar-refractivity contribution in [1.29, 1.82) is 5.26 Å². The Hall–Kier alpha value is -3.09. The zero-order valence-corrected chi connectivity index (χ0v) is 13.4. The van der Waals surface area contributed by atoms with Gasteiger partial charge in [0.25, 0.3) is 5.91 Å². The molecule has 3 aromatic carbocycles. The van der Waals surface area contributed by atoms with Crippen molar-refractivity contribution in [3.8, 4) is 6.07 Å². The third-order valence-electron chi connectivity index (χ3n) is 3.61. The summed E-state index contributed by atoms with van der Waals surface area (Å²) in [6.45, 7) is 0. The summed E-state index contributed by atoms with van der Waals surface area (Å²) in [5, 5.41) is 14.5. The van der Waals surface area contributed by atoms with Crippen LogP contribution in [0, 0.1) is 11.3 Å². The monoisotopic (exact) mass is 332 g/mol. The molecule has 116 valence electrons. The van der Waals surface area contributed by atoms with Crippen molar-refractivity contribution in [2.75, 3.05) is 5.32 Å². The lowest BCUT2D eigenvalue weighted by atomic mass is 10.1. The van der Waals surface area contributed by atoms with Gasteiger partial charge in [-0.3, -0.25) is 4.79 Å². The van der Waals surface area contributed by atoms with E-state index in [4.69, 9.17) is 11.6 Å². The molecule has 0 atom stereocenters. The van der Waals surface area contributed by atoms with Crippen LogP contribution in [0.1, 0.15) is 5.56 Å². The number of amides is 1. The molecule has 0 bridgehead atoms. The highest BCUT2D eigenvalue weighted by molar-refractivity contribution is 6.32. The first-order valence-corrected chi connectivity index (χ1v) is 7.72. The van der Waals surface area contributed by atoms with Gasteiger partial charge >= 0.3 is 0 Å². The minimum absolute atomic E-state index is 0.00367. The van der Waals surface area contributed by atoms with Gasteiger partial charge in [-0.15, -0.1) is 0 Å². The van der Waals surface area contributed by atoms with Crippen molar-refractivity contribution in [3.05, 3.63) is 82.9 Å². The maximum Gasteiger partial charge on any atom is 0.266 e. The van der Waals surface area contributed by atoms with Crippen molar-refractivity contribution in [3.63, 3.8) is 0 Å². The molecule has 24 heavy (non-hydrogen) atoms. The second-order valence-corrected chi connectivity index (χ2v) is 5.58. The van der Waals surface area contributed by atoms with Crippen LogP contribution in [0.25, 0.3) is 16.8 Å². The predicted molar refractivity (Wildman–Crippen MR) is 97.6 cm³/mol. The third kappa shape index (κ3) is 3.29. The molecule has 4 heteroatoms. The molecular formula is C20H13ClN2O. The fourth-order valence-electron chi connectivity index (χ4n) is 2.42. The van der Waals surface area contributed by atoms with Crippen LogP contribution in [0.5, 0.6) is 0 Å². The maximum absolute atomic E-state index is 12.5. The SMILES string of the molecule is N#C/C(=C\c1ccccc1Cl)C(=O)Nc1cccc2ccccc12. The Morgan fingerprint density at radius 3 is 2.50 bits per heavy atom. The molecule has 0 radical (unpaired) electrons. The van der Waals surface area contributed by atoms with Crippen LogP contribution in [0.3, 0.4) is 0 Å². The van der Waals surface area contributed by atoms with E-state index in [0.29, 0.717) is 16.3 Å². The number of halogens is 1. The van der Waals surface area contributed by atoms with Gasteiger partial charge in [0.2, 0.25) is 0 Å². The van der Waals surface area contributed by atoms with E-state index in [1.54, 1.807) is 24.3 Å². The van der Waals surface area contributed by atoms with E-state index < -0.39 is 5.91 Å². The summed E-state index contributed by atoms with van der Waals surface area (Å²) in [7, 11) is 0. The molecule has 1 N–H and O–H groups in total. The lowest BCUT2D eigenvalue weighted by Crippen LogP contribution is -2.13. The van der Waals surface area contributed by atoms with Crippen LogP contribution in [-0.4, -0.2) is 5.91 Å². The smallest absolute Gasteiger partial charge is 0.266 e. The predicted octanol–water partition coefficient (Wildman–Crippen LogP) is 5.04. The van der Waals surface area contributed by atoms with E-state index >= 15 is 0 Å². The van der Waals surface area contributed by atoms with Crippen molar-refractivity contribution >= 4 is 40.0 Å². The van der Waals surface area contributed by atoms with Crippen LogP contribution < -0.4 is 5.32 Å². The number of hydrogen-bond donors (Lipinski definition) is 1. The number of carbonyl (C=O) groups is 1. The van der Waals surface area contributed by atoms with Crippen LogP contribution >= 0.6 is 11.6 Å².